The van der Waals surface area contributed by atoms with Gasteiger partial charge in [0.05, 0.1) is 12.6 Å². The van der Waals surface area contributed by atoms with Gasteiger partial charge in [-0.1, -0.05) is 50.6 Å². The summed E-state index contributed by atoms with van der Waals surface area (Å²) in [4.78, 5) is 3.15. The van der Waals surface area contributed by atoms with Crippen LogP contribution in [0.15, 0.2) is 36.0 Å². The van der Waals surface area contributed by atoms with E-state index in [0.717, 1.165) is 11.1 Å². The minimum atomic E-state index is 0.159. The highest BCUT2D eigenvalue weighted by atomic mass is 14.7. The first-order valence-electron chi connectivity index (χ1n) is 5.25. The molecule has 0 unspecified atom stereocenters. The van der Waals surface area contributed by atoms with Crippen LogP contribution in [0.5, 0.6) is 0 Å². The van der Waals surface area contributed by atoms with Gasteiger partial charge in [0.25, 0.3) is 5.70 Å². The highest BCUT2D eigenvalue weighted by Gasteiger charge is 2.02. The number of hydrogen-bond acceptors (Lipinski definition) is 1. The van der Waals surface area contributed by atoms with Crippen LogP contribution in [-0.4, -0.2) is 0 Å². The van der Waals surface area contributed by atoms with Gasteiger partial charge >= 0.3 is 0 Å². The first-order valence-corrected chi connectivity index (χ1v) is 5.25. The molecule has 1 aromatic carbocycles. The van der Waals surface area contributed by atoms with Gasteiger partial charge in [-0.25, -0.2) is 10.1 Å². The topological polar surface area (TPSA) is 28.1 Å². The fourth-order valence-electron chi connectivity index (χ4n) is 1.02. The fraction of sp³-hybridized carbons (Fsp3) is 0.286. The Hall–Kier alpha value is -2.06. The summed E-state index contributed by atoms with van der Waals surface area (Å²) in [6.07, 6.45) is 1.25. The Morgan fingerprint density at radius 2 is 1.81 bits per heavy atom. The van der Waals surface area contributed by atoms with Gasteiger partial charge in [0.2, 0.25) is 0 Å². The Morgan fingerprint density at radius 3 is 2.19 bits per heavy atom. The maximum Gasteiger partial charge on any atom is 0.265 e. The monoisotopic (exact) mass is 212 g/mol. The Kier molecular flexibility index (Phi) is 7.20. The largest absolute Gasteiger partial charge is 0.265 e. The number of nitrogens with zero attached hydrogens (tertiary/aromatic N) is 2. The van der Waals surface area contributed by atoms with Gasteiger partial charge in [0.1, 0.15) is 0 Å². The molecule has 0 aliphatic heterocycles. The minimum absolute atomic E-state index is 0.159. The van der Waals surface area contributed by atoms with Crippen molar-refractivity contribution in [2.45, 2.75) is 27.2 Å². The van der Waals surface area contributed by atoms with E-state index in [1.807, 2.05) is 36.4 Å². The van der Waals surface area contributed by atoms with Crippen LogP contribution in [0, 0.1) is 17.9 Å². The summed E-state index contributed by atoms with van der Waals surface area (Å²) < 4.78 is 0. The average Bonchev–Trinajstić information content (AvgIpc) is 2.32. The van der Waals surface area contributed by atoms with Gasteiger partial charge in [-0.3, -0.25) is 0 Å². The standard InChI is InChI=1S/C11H8N2.C3H8/c1-9(11(8-12)13-2)10-6-4-3-5-7-10;1-3-2/h3-7H,1H3;3H2,1-2H3/b11-9+;. The molecule has 82 valence electrons. The predicted molar refractivity (Wildman–Crippen MR) is 67.2 cm³/mol. The molecule has 16 heavy (non-hydrogen) atoms. The molecule has 1 aromatic rings. The Balaban J connectivity index is 0.000000673. The van der Waals surface area contributed by atoms with Gasteiger partial charge in [0, 0.05) is 0 Å². The quantitative estimate of drug-likeness (QED) is 0.504. The summed E-state index contributed by atoms with van der Waals surface area (Å²) in [5, 5.41) is 8.64. The number of nitriles is 1. The second-order valence-corrected chi connectivity index (χ2v) is 3.27. The number of hydrogen-bond donors (Lipinski definition) is 0. The Morgan fingerprint density at radius 1 is 1.31 bits per heavy atom. The second-order valence-electron chi connectivity index (χ2n) is 3.27. The van der Waals surface area contributed by atoms with E-state index in [9.17, 15) is 0 Å². The van der Waals surface area contributed by atoms with Crippen molar-refractivity contribution in [3.63, 3.8) is 0 Å². The third-order valence-electron chi connectivity index (χ3n) is 1.78. The van der Waals surface area contributed by atoms with Crippen LogP contribution in [0.25, 0.3) is 10.4 Å². The number of allylic oxidation sites excluding steroid dienone is 2. The molecule has 2 nitrogen and oxygen atoms in total. The third kappa shape index (κ3) is 4.44. The van der Waals surface area contributed by atoms with Crippen LogP contribution in [0.2, 0.25) is 0 Å². The molecule has 0 saturated heterocycles. The molecule has 0 spiro atoms. The van der Waals surface area contributed by atoms with E-state index in [-0.39, 0.29) is 5.70 Å². The predicted octanol–water partition coefficient (Wildman–Crippen LogP) is 4.28. The van der Waals surface area contributed by atoms with Crippen molar-refractivity contribution in [3.05, 3.63) is 53.0 Å². The molecule has 0 bridgehead atoms. The number of benzene rings is 1. The molecular formula is C14H16N2. The fourth-order valence-corrected chi connectivity index (χ4v) is 1.02. The van der Waals surface area contributed by atoms with E-state index in [4.69, 9.17) is 11.8 Å². The molecule has 0 radical (unpaired) electrons. The molecule has 0 fully saturated rings. The molecule has 0 saturated carbocycles. The highest BCUT2D eigenvalue weighted by Crippen LogP contribution is 2.17. The molecule has 0 aromatic heterocycles. The lowest BCUT2D eigenvalue weighted by atomic mass is 10.1. The molecule has 0 heterocycles. The van der Waals surface area contributed by atoms with E-state index in [2.05, 4.69) is 18.7 Å². The summed E-state index contributed by atoms with van der Waals surface area (Å²) in [5.74, 6) is 0. The zero-order chi connectivity index (χ0) is 12.4. The van der Waals surface area contributed by atoms with Gasteiger partial charge in [-0.2, -0.15) is 0 Å². The minimum Gasteiger partial charge on any atom is -0.226 e. The summed E-state index contributed by atoms with van der Waals surface area (Å²) in [6, 6.07) is 11.3. The van der Waals surface area contributed by atoms with Crippen molar-refractivity contribution in [2.75, 3.05) is 0 Å². The highest BCUT2D eigenvalue weighted by molar-refractivity contribution is 5.71. The average molecular weight is 212 g/mol. The summed E-state index contributed by atoms with van der Waals surface area (Å²) in [7, 11) is 0. The molecule has 0 aliphatic rings. The van der Waals surface area contributed by atoms with Crippen LogP contribution in [0.1, 0.15) is 32.8 Å². The van der Waals surface area contributed by atoms with E-state index in [1.165, 1.54) is 6.42 Å². The molecule has 0 amide bonds. The van der Waals surface area contributed by atoms with Gasteiger partial charge in [0.15, 0.2) is 0 Å². The van der Waals surface area contributed by atoms with Crippen molar-refractivity contribution < 1.29 is 0 Å². The lowest BCUT2D eigenvalue weighted by Gasteiger charge is -1.99. The van der Waals surface area contributed by atoms with E-state index >= 15 is 0 Å². The van der Waals surface area contributed by atoms with Crippen molar-refractivity contribution in [3.8, 4) is 6.07 Å². The van der Waals surface area contributed by atoms with Crippen molar-refractivity contribution >= 4 is 5.57 Å². The van der Waals surface area contributed by atoms with E-state index < -0.39 is 0 Å². The van der Waals surface area contributed by atoms with Crippen molar-refractivity contribution in [1.29, 1.82) is 5.26 Å². The smallest absolute Gasteiger partial charge is 0.226 e. The van der Waals surface area contributed by atoms with Crippen LogP contribution in [-0.2, 0) is 0 Å². The molecule has 2 heteroatoms. The van der Waals surface area contributed by atoms with Crippen LogP contribution in [0.3, 0.4) is 0 Å². The number of rotatable bonds is 1. The van der Waals surface area contributed by atoms with Crippen LogP contribution < -0.4 is 0 Å². The summed E-state index contributed by atoms with van der Waals surface area (Å²) >= 11 is 0. The molecule has 0 aliphatic carbocycles. The van der Waals surface area contributed by atoms with E-state index in [0.29, 0.717) is 0 Å². The Labute approximate surface area is 97.7 Å². The van der Waals surface area contributed by atoms with E-state index in [1.54, 1.807) is 6.92 Å². The SMILES string of the molecule is CCC.[C-]#[N+]/C(C#N)=C(\C)c1ccccc1. The summed E-state index contributed by atoms with van der Waals surface area (Å²) in [5.41, 5.74) is 1.82. The maximum atomic E-state index is 8.64. The molecular weight excluding hydrogens is 196 g/mol. The van der Waals surface area contributed by atoms with Gasteiger partial charge in [-0.05, 0) is 18.1 Å². The maximum absolute atomic E-state index is 8.64. The lowest BCUT2D eigenvalue weighted by molar-refractivity contribution is 1.09. The molecule has 1 rings (SSSR count). The van der Waals surface area contributed by atoms with Crippen molar-refractivity contribution in [2.24, 2.45) is 0 Å². The molecule has 0 N–H and O–H groups in total. The van der Waals surface area contributed by atoms with Crippen molar-refractivity contribution in [1.82, 2.24) is 0 Å². The zero-order valence-corrected chi connectivity index (χ0v) is 9.99. The normalized spacial score (nSPS) is 10.1. The Bertz CT molecular complexity index is 400. The molecule has 0 atom stereocenters. The lowest BCUT2D eigenvalue weighted by Crippen LogP contribution is -1.81. The van der Waals surface area contributed by atoms with Crippen LogP contribution in [0.4, 0.5) is 0 Å². The van der Waals surface area contributed by atoms with Gasteiger partial charge in [-0.15, -0.1) is 0 Å². The zero-order valence-electron chi connectivity index (χ0n) is 9.99. The first-order chi connectivity index (χ1) is 7.71. The summed E-state index contributed by atoms with van der Waals surface area (Å²) in [6.45, 7) is 12.8. The van der Waals surface area contributed by atoms with Crippen LogP contribution >= 0.6 is 0 Å². The van der Waals surface area contributed by atoms with Gasteiger partial charge < -0.3 is 0 Å². The second kappa shape index (κ2) is 8.26. The first kappa shape index (κ1) is 13.9. The third-order valence-corrected chi connectivity index (χ3v) is 1.78.